The van der Waals surface area contributed by atoms with Crippen LogP contribution in [-0.2, 0) is 9.59 Å². The molecular weight excluding hydrogens is 288 g/mol. The number of amides is 2. The SMILES string of the molecule is CC1CC(=O)N(CCCOc2ccc([N+](=O)[O-])cc2)C(=O)C1. The van der Waals surface area contributed by atoms with Gasteiger partial charge < -0.3 is 4.74 Å². The summed E-state index contributed by atoms with van der Waals surface area (Å²) in [7, 11) is 0. The Bertz CT molecular complexity index is 552. The lowest BCUT2D eigenvalue weighted by Gasteiger charge is -2.28. The second kappa shape index (κ2) is 7.02. The number of hydrogen-bond acceptors (Lipinski definition) is 5. The topological polar surface area (TPSA) is 89.8 Å². The Morgan fingerprint density at radius 1 is 1.23 bits per heavy atom. The highest BCUT2D eigenvalue weighted by molar-refractivity contribution is 5.97. The van der Waals surface area contributed by atoms with E-state index < -0.39 is 4.92 Å². The van der Waals surface area contributed by atoms with Crippen molar-refractivity contribution in [3.63, 3.8) is 0 Å². The number of non-ortho nitro benzene ring substituents is 1. The van der Waals surface area contributed by atoms with Crippen molar-refractivity contribution in [2.24, 2.45) is 5.92 Å². The van der Waals surface area contributed by atoms with Crippen LogP contribution < -0.4 is 4.74 Å². The molecule has 22 heavy (non-hydrogen) atoms. The van der Waals surface area contributed by atoms with Gasteiger partial charge in [-0.3, -0.25) is 24.6 Å². The van der Waals surface area contributed by atoms with E-state index >= 15 is 0 Å². The Labute approximate surface area is 128 Å². The zero-order valence-corrected chi connectivity index (χ0v) is 12.4. The zero-order valence-electron chi connectivity index (χ0n) is 12.4. The standard InChI is InChI=1S/C15H18N2O5/c1-11-9-14(18)16(15(19)10-11)7-2-8-22-13-5-3-12(4-6-13)17(20)21/h3-6,11H,2,7-10H2,1H3. The number of nitro groups is 1. The Morgan fingerprint density at radius 2 is 1.82 bits per heavy atom. The van der Waals surface area contributed by atoms with Gasteiger partial charge in [-0.05, 0) is 24.5 Å². The molecular formula is C15H18N2O5. The molecule has 0 spiro atoms. The van der Waals surface area contributed by atoms with Gasteiger partial charge in [-0.1, -0.05) is 6.92 Å². The van der Waals surface area contributed by atoms with E-state index in [1.165, 1.54) is 29.2 Å². The lowest BCUT2D eigenvalue weighted by Crippen LogP contribution is -2.43. The Balaban J connectivity index is 1.76. The second-order valence-corrected chi connectivity index (χ2v) is 5.41. The molecule has 1 heterocycles. The third-order valence-electron chi connectivity index (χ3n) is 3.49. The smallest absolute Gasteiger partial charge is 0.269 e. The van der Waals surface area contributed by atoms with Crippen molar-refractivity contribution >= 4 is 17.5 Å². The Morgan fingerprint density at radius 3 is 2.36 bits per heavy atom. The molecule has 0 atom stereocenters. The predicted octanol–water partition coefficient (Wildman–Crippen LogP) is 2.15. The van der Waals surface area contributed by atoms with E-state index in [-0.39, 0.29) is 23.4 Å². The van der Waals surface area contributed by atoms with Gasteiger partial charge in [0.1, 0.15) is 5.75 Å². The second-order valence-electron chi connectivity index (χ2n) is 5.41. The van der Waals surface area contributed by atoms with Crippen molar-refractivity contribution in [2.75, 3.05) is 13.2 Å². The third kappa shape index (κ3) is 4.03. The fourth-order valence-electron chi connectivity index (χ4n) is 2.35. The van der Waals surface area contributed by atoms with Gasteiger partial charge in [-0.15, -0.1) is 0 Å². The van der Waals surface area contributed by atoms with Crippen LogP contribution in [0.1, 0.15) is 26.2 Å². The van der Waals surface area contributed by atoms with E-state index in [0.29, 0.717) is 38.2 Å². The monoisotopic (exact) mass is 306 g/mol. The van der Waals surface area contributed by atoms with E-state index in [1.54, 1.807) is 0 Å². The fraction of sp³-hybridized carbons (Fsp3) is 0.467. The summed E-state index contributed by atoms with van der Waals surface area (Å²) in [5.74, 6) is 0.390. The Hall–Kier alpha value is -2.44. The van der Waals surface area contributed by atoms with Crippen molar-refractivity contribution in [1.82, 2.24) is 4.90 Å². The van der Waals surface area contributed by atoms with Crippen LogP contribution in [0, 0.1) is 16.0 Å². The first-order chi connectivity index (χ1) is 10.5. The average Bonchev–Trinajstić information content (AvgIpc) is 2.46. The maximum Gasteiger partial charge on any atom is 0.269 e. The van der Waals surface area contributed by atoms with E-state index in [0.717, 1.165) is 0 Å². The molecule has 0 radical (unpaired) electrons. The molecule has 1 aliphatic rings. The number of benzene rings is 1. The van der Waals surface area contributed by atoms with Gasteiger partial charge in [0.25, 0.3) is 5.69 Å². The minimum atomic E-state index is -0.474. The van der Waals surface area contributed by atoms with Crippen LogP contribution in [0.4, 0.5) is 5.69 Å². The summed E-state index contributed by atoms with van der Waals surface area (Å²) in [4.78, 5) is 34.9. The summed E-state index contributed by atoms with van der Waals surface area (Å²) < 4.78 is 5.45. The molecule has 1 saturated heterocycles. The van der Waals surface area contributed by atoms with Crippen molar-refractivity contribution in [3.8, 4) is 5.75 Å². The minimum Gasteiger partial charge on any atom is -0.494 e. The minimum absolute atomic E-state index is 0.00554. The van der Waals surface area contributed by atoms with Gasteiger partial charge in [0.05, 0.1) is 11.5 Å². The van der Waals surface area contributed by atoms with Crippen LogP contribution in [0.15, 0.2) is 24.3 Å². The molecule has 0 bridgehead atoms. The maximum absolute atomic E-state index is 11.8. The first-order valence-corrected chi connectivity index (χ1v) is 7.18. The van der Waals surface area contributed by atoms with Crippen molar-refractivity contribution in [2.45, 2.75) is 26.2 Å². The number of nitro benzene ring substituents is 1. The highest BCUT2D eigenvalue weighted by Crippen LogP contribution is 2.20. The summed E-state index contributed by atoms with van der Waals surface area (Å²) in [6, 6.07) is 5.79. The number of rotatable bonds is 6. The number of piperidine rings is 1. The molecule has 0 aliphatic carbocycles. The lowest BCUT2D eigenvalue weighted by atomic mass is 9.98. The molecule has 1 aliphatic heterocycles. The van der Waals surface area contributed by atoms with Gasteiger partial charge >= 0.3 is 0 Å². The summed E-state index contributed by atoms with van der Waals surface area (Å²) >= 11 is 0. The van der Waals surface area contributed by atoms with Gasteiger partial charge in [0.2, 0.25) is 11.8 Å². The maximum atomic E-state index is 11.8. The number of ether oxygens (including phenoxy) is 1. The highest BCUT2D eigenvalue weighted by Gasteiger charge is 2.29. The number of hydrogen-bond donors (Lipinski definition) is 0. The normalized spacial score (nSPS) is 16.0. The van der Waals surface area contributed by atoms with E-state index in [9.17, 15) is 19.7 Å². The molecule has 1 fully saturated rings. The number of likely N-dealkylation sites (tertiary alicyclic amines) is 1. The third-order valence-corrected chi connectivity index (χ3v) is 3.49. The van der Waals surface area contributed by atoms with Crippen LogP contribution >= 0.6 is 0 Å². The molecule has 7 nitrogen and oxygen atoms in total. The van der Waals surface area contributed by atoms with Crippen molar-refractivity contribution in [1.29, 1.82) is 0 Å². The Kier molecular flexibility index (Phi) is 5.08. The summed E-state index contributed by atoms with van der Waals surface area (Å²) in [6.45, 7) is 2.58. The number of nitrogens with zero attached hydrogens (tertiary/aromatic N) is 2. The molecule has 0 unspecified atom stereocenters. The molecule has 2 rings (SSSR count). The molecule has 0 N–H and O–H groups in total. The highest BCUT2D eigenvalue weighted by atomic mass is 16.6. The molecule has 1 aromatic rings. The number of carbonyl (C=O) groups is 2. The van der Waals surface area contributed by atoms with Crippen molar-refractivity contribution < 1.29 is 19.2 Å². The molecule has 7 heteroatoms. The summed E-state index contributed by atoms with van der Waals surface area (Å²) in [5, 5.41) is 10.5. The molecule has 2 amide bonds. The fourth-order valence-corrected chi connectivity index (χ4v) is 2.35. The molecule has 0 saturated carbocycles. The molecule has 1 aromatic carbocycles. The molecule has 0 aromatic heterocycles. The van der Waals surface area contributed by atoms with Crippen LogP contribution in [0.3, 0.4) is 0 Å². The lowest BCUT2D eigenvalue weighted by molar-refractivity contribution is -0.384. The van der Waals surface area contributed by atoms with Gasteiger partial charge in [-0.25, -0.2) is 0 Å². The average molecular weight is 306 g/mol. The van der Waals surface area contributed by atoms with Gasteiger partial charge in [-0.2, -0.15) is 0 Å². The zero-order chi connectivity index (χ0) is 16.1. The van der Waals surface area contributed by atoms with Gasteiger partial charge in [0, 0.05) is 31.5 Å². The first kappa shape index (κ1) is 15.9. The number of imide groups is 1. The van der Waals surface area contributed by atoms with Crippen LogP contribution in [0.5, 0.6) is 5.75 Å². The molecule has 118 valence electrons. The van der Waals surface area contributed by atoms with Crippen LogP contribution in [0.25, 0.3) is 0 Å². The van der Waals surface area contributed by atoms with Crippen LogP contribution in [0.2, 0.25) is 0 Å². The quantitative estimate of drug-likeness (QED) is 0.347. The van der Waals surface area contributed by atoms with E-state index in [2.05, 4.69) is 0 Å². The largest absolute Gasteiger partial charge is 0.494 e. The van der Waals surface area contributed by atoms with Crippen molar-refractivity contribution in [3.05, 3.63) is 34.4 Å². The van der Waals surface area contributed by atoms with E-state index in [4.69, 9.17) is 4.74 Å². The number of carbonyl (C=O) groups excluding carboxylic acids is 2. The van der Waals surface area contributed by atoms with Crippen LogP contribution in [-0.4, -0.2) is 34.8 Å². The summed E-state index contributed by atoms with van der Waals surface area (Å²) in [5.41, 5.74) is 0.00554. The van der Waals surface area contributed by atoms with Gasteiger partial charge in [0.15, 0.2) is 0 Å². The van der Waals surface area contributed by atoms with E-state index in [1.807, 2.05) is 6.92 Å². The summed E-state index contributed by atoms with van der Waals surface area (Å²) in [6.07, 6.45) is 1.35. The predicted molar refractivity (Wildman–Crippen MR) is 78.3 cm³/mol. The first-order valence-electron chi connectivity index (χ1n) is 7.18.